The maximum atomic E-state index is 13.4. The first-order valence-electron chi connectivity index (χ1n) is 11.0. The Bertz CT molecular complexity index is 1290. The third kappa shape index (κ3) is 4.72. The number of rotatable bonds is 4. The van der Waals surface area contributed by atoms with Crippen molar-refractivity contribution in [1.82, 2.24) is 20.3 Å². The number of benzene rings is 1. The Labute approximate surface area is 205 Å². The first-order chi connectivity index (χ1) is 16.9. The molecule has 0 saturated carbocycles. The summed E-state index contributed by atoms with van der Waals surface area (Å²) in [4.78, 5) is 44.3. The van der Waals surface area contributed by atoms with Crippen LogP contribution in [0.1, 0.15) is 23.0 Å². The zero-order chi connectivity index (χ0) is 24.4. The molecule has 35 heavy (non-hydrogen) atoms. The zero-order valence-corrected chi connectivity index (χ0v) is 19.6. The van der Waals surface area contributed by atoms with Crippen molar-refractivity contribution < 1.29 is 14.0 Å². The van der Waals surface area contributed by atoms with Gasteiger partial charge in [0.05, 0.1) is 24.6 Å². The molecule has 2 N–H and O–H groups in total. The Hall–Kier alpha value is -3.86. The third-order valence-corrected chi connectivity index (χ3v) is 6.98. The summed E-state index contributed by atoms with van der Waals surface area (Å²) in [7, 11) is 0. The van der Waals surface area contributed by atoms with Gasteiger partial charge in [0.2, 0.25) is 11.9 Å². The fraction of sp³-hybridized carbons (Fsp3) is 0.250. The van der Waals surface area contributed by atoms with Crippen molar-refractivity contribution >= 4 is 40.4 Å². The molecule has 11 heteroatoms. The van der Waals surface area contributed by atoms with Crippen molar-refractivity contribution in [1.29, 1.82) is 0 Å². The van der Waals surface area contributed by atoms with E-state index < -0.39 is 11.4 Å². The standard InChI is InChI=1S/C24H22FN7O2S/c1-15(33)29-19-7-8-26-20(9-19)24-14-32(22-27-10-18(25)11-28-22)12-17(24)13-35-23(31-24)30-21(34)16-5-3-2-4-6-16/h2-11,17H,12-14H2,1H3,(H,26,29,33)(H,30,31,34)/t17-,24-/m0/s1. The Balaban J connectivity index is 1.52. The van der Waals surface area contributed by atoms with E-state index in [4.69, 9.17) is 4.99 Å². The quantitative estimate of drug-likeness (QED) is 0.577. The summed E-state index contributed by atoms with van der Waals surface area (Å²) >= 11 is 1.46. The number of hydrogen-bond donors (Lipinski definition) is 2. The van der Waals surface area contributed by atoms with Crippen LogP contribution in [0.25, 0.3) is 0 Å². The van der Waals surface area contributed by atoms with Gasteiger partial charge in [-0.15, -0.1) is 0 Å². The molecular formula is C24H22FN7O2S. The van der Waals surface area contributed by atoms with E-state index in [1.165, 1.54) is 18.7 Å². The minimum absolute atomic E-state index is 0.0126. The number of aromatic nitrogens is 3. The van der Waals surface area contributed by atoms with E-state index in [-0.39, 0.29) is 17.7 Å². The van der Waals surface area contributed by atoms with Gasteiger partial charge in [-0.05, 0) is 24.3 Å². The molecule has 1 aromatic carbocycles. The van der Waals surface area contributed by atoms with Gasteiger partial charge in [0.15, 0.2) is 11.0 Å². The van der Waals surface area contributed by atoms with Gasteiger partial charge in [0.1, 0.15) is 5.54 Å². The van der Waals surface area contributed by atoms with Gasteiger partial charge in [-0.3, -0.25) is 14.6 Å². The normalized spacial score (nSPS) is 21.1. The summed E-state index contributed by atoms with van der Waals surface area (Å²) in [6.07, 6.45) is 3.90. The predicted octanol–water partition coefficient (Wildman–Crippen LogP) is 2.83. The van der Waals surface area contributed by atoms with Crippen LogP contribution in [-0.2, 0) is 10.3 Å². The molecule has 9 nitrogen and oxygen atoms in total. The lowest BCUT2D eigenvalue weighted by Crippen LogP contribution is -2.43. The monoisotopic (exact) mass is 491 g/mol. The average molecular weight is 492 g/mol. The number of nitrogens with zero attached hydrogens (tertiary/aromatic N) is 5. The van der Waals surface area contributed by atoms with Crippen molar-refractivity contribution in [2.24, 2.45) is 10.9 Å². The van der Waals surface area contributed by atoms with Gasteiger partial charge < -0.3 is 15.5 Å². The van der Waals surface area contributed by atoms with Crippen LogP contribution in [-0.4, -0.2) is 50.8 Å². The number of amidine groups is 1. The number of pyridine rings is 1. The Morgan fingerprint density at radius 3 is 2.63 bits per heavy atom. The number of hydrogen-bond acceptors (Lipinski definition) is 8. The summed E-state index contributed by atoms with van der Waals surface area (Å²) in [6, 6.07) is 12.5. The largest absolute Gasteiger partial charge is 0.338 e. The molecule has 5 rings (SSSR count). The molecule has 0 unspecified atom stereocenters. The number of fused-ring (bicyclic) bond motifs is 1. The Morgan fingerprint density at radius 2 is 1.89 bits per heavy atom. The Kier molecular flexibility index (Phi) is 6.16. The highest BCUT2D eigenvalue weighted by atomic mass is 32.2. The van der Waals surface area contributed by atoms with Gasteiger partial charge in [-0.2, -0.15) is 0 Å². The van der Waals surface area contributed by atoms with E-state index >= 15 is 0 Å². The molecule has 0 spiro atoms. The van der Waals surface area contributed by atoms with Crippen molar-refractivity contribution in [3.05, 3.63) is 78.1 Å². The molecular weight excluding hydrogens is 469 g/mol. The van der Waals surface area contributed by atoms with Gasteiger partial charge in [-0.25, -0.2) is 19.4 Å². The maximum Gasteiger partial charge on any atom is 0.257 e. The zero-order valence-electron chi connectivity index (χ0n) is 18.8. The summed E-state index contributed by atoms with van der Waals surface area (Å²) in [5.74, 6) is 0.123. The van der Waals surface area contributed by atoms with E-state index in [1.807, 2.05) is 11.0 Å². The third-order valence-electron chi connectivity index (χ3n) is 5.94. The molecule has 1 fully saturated rings. The van der Waals surface area contributed by atoms with E-state index in [0.29, 0.717) is 46.9 Å². The number of carbonyl (C=O) groups excluding carboxylic acids is 2. The van der Waals surface area contributed by atoms with E-state index in [0.717, 1.165) is 12.4 Å². The number of halogens is 1. The number of amides is 2. The van der Waals surface area contributed by atoms with E-state index in [1.54, 1.807) is 42.6 Å². The van der Waals surface area contributed by atoms with Gasteiger partial charge in [0, 0.05) is 42.6 Å². The second kappa shape index (κ2) is 9.41. The highest BCUT2D eigenvalue weighted by Crippen LogP contribution is 2.46. The molecule has 1 saturated heterocycles. The van der Waals surface area contributed by atoms with Crippen molar-refractivity contribution in [3.8, 4) is 0 Å². The SMILES string of the molecule is CC(=O)Nc1ccnc([C@]23CN(c4ncc(F)cn4)C[C@H]2CSC(NC(=O)c2ccccc2)=N3)c1. The summed E-state index contributed by atoms with van der Waals surface area (Å²) in [5, 5.41) is 6.21. The van der Waals surface area contributed by atoms with Crippen LogP contribution in [0, 0.1) is 11.7 Å². The van der Waals surface area contributed by atoms with Crippen LogP contribution in [0.4, 0.5) is 16.0 Å². The fourth-order valence-corrected chi connectivity index (χ4v) is 5.48. The molecule has 3 aromatic rings. The first kappa shape index (κ1) is 22.9. The molecule has 0 radical (unpaired) electrons. The lowest BCUT2D eigenvalue weighted by Gasteiger charge is -2.34. The summed E-state index contributed by atoms with van der Waals surface area (Å²) in [6.45, 7) is 2.40. The minimum Gasteiger partial charge on any atom is -0.338 e. The van der Waals surface area contributed by atoms with Crippen LogP contribution >= 0.6 is 11.8 Å². The van der Waals surface area contributed by atoms with Gasteiger partial charge in [0.25, 0.3) is 5.91 Å². The second-order valence-corrected chi connectivity index (χ2v) is 9.37. The highest BCUT2D eigenvalue weighted by molar-refractivity contribution is 8.13. The number of thioether (sulfide) groups is 1. The molecule has 2 atom stereocenters. The molecule has 2 aromatic heterocycles. The average Bonchev–Trinajstić information content (AvgIpc) is 3.25. The summed E-state index contributed by atoms with van der Waals surface area (Å²) < 4.78 is 13.4. The van der Waals surface area contributed by atoms with Gasteiger partial charge in [-0.1, -0.05) is 30.0 Å². The van der Waals surface area contributed by atoms with Crippen LogP contribution in [0.5, 0.6) is 0 Å². The minimum atomic E-state index is -0.823. The van der Waals surface area contributed by atoms with Crippen molar-refractivity contribution in [2.45, 2.75) is 12.5 Å². The second-order valence-electron chi connectivity index (χ2n) is 8.36. The number of carbonyl (C=O) groups is 2. The van der Waals surface area contributed by atoms with Crippen LogP contribution in [0.2, 0.25) is 0 Å². The van der Waals surface area contributed by atoms with E-state index in [9.17, 15) is 14.0 Å². The van der Waals surface area contributed by atoms with Gasteiger partial charge >= 0.3 is 0 Å². The van der Waals surface area contributed by atoms with Crippen molar-refractivity contribution in [3.63, 3.8) is 0 Å². The number of aliphatic imine (C=N–C) groups is 1. The maximum absolute atomic E-state index is 13.4. The van der Waals surface area contributed by atoms with Crippen LogP contribution in [0.15, 0.2) is 66.0 Å². The Morgan fingerprint density at radius 1 is 1.11 bits per heavy atom. The fourth-order valence-electron chi connectivity index (χ4n) is 4.35. The van der Waals surface area contributed by atoms with Crippen LogP contribution < -0.4 is 15.5 Å². The molecule has 178 valence electrons. The smallest absolute Gasteiger partial charge is 0.257 e. The molecule has 2 aliphatic heterocycles. The lowest BCUT2D eigenvalue weighted by molar-refractivity contribution is -0.114. The molecule has 0 aliphatic carbocycles. The molecule has 0 bridgehead atoms. The van der Waals surface area contributed by atoms with Crippen molar-refractivity contribution in [2.75, 3.05) is 29.1 Å². The van der Waals surface area contributed by atoms with E-state index in [2.05, 4.69) is 25.6 Å². The highest BCUT2D eigenvalue weighted by Gasteiger charge is 2.52. The summed E-state index contributed by atoms with van der Waals surface area (Å²) in [5.41, 5.74) is 0.975. The first-order valence-corrected chi connectivity index (χ1v) is 12.0. The number of nitrogens with one attached hydrogen (secondary N) is 2. The predicted molar refractivity (Wildman–Crippen MR) is 132 cm³/mol. The molecule has 2 amide bonds. The molecule has 4 heterocycles. The number of anilines is 2. The van der Waals surface area contributed by atoms with Crippen LogP contribution in [0.3, 0.4) is 0 Å². The lowest BCUT2D eigenvalue weighted by atomic mass is 9.85. The molecule has 2 aliphatic rings. The topological polar surface area (TPSA) is 112 Å².